The highest BCUT2D eigenvalue weighted by atomic mass is 15.4. The summed E-state index contributed by atoms with van der Waals surface area (Å²) >= 11 is 0. The van der Waals surface area contributed by atoms with Crippen molar-refractivity contribution in [2.45, 2.75) is 31.5 Å². The van der Waals surface area contributed by atoms with Gasteiger partial charge in [-0.1, -0.05) is 43.2 Å². The van der Waals surface area contributed by atoms with Crippen LogP contribution in [0, 0.1) is 5.92 Å². The lowest BCUT2D eigenvalue weighted by Crippen LogP contribution is -2.53. The number of benzene rings is 1. The van der Waals surface area contributed by atoms with E-state index in [0.717, 1.165) is 29.9 Å². The van der Waals surface area contributed by atoms with E-state index >= 15 is 0 Å². The summed E-state index contributed by atoms with van der Waals surface area (Å²) in [5, 5.41) is 6.58. The standard InChI is InChI=1S/C19H22N6/c20-19(15-8-4-5-9-15)24-17(14-6-2-1-3-7-14)23-18(25-19)22-16-10-12-21-13-11-16/h1-3,6-7,10-13,15H,4-5,8-9,20H2,(H2,21,22,23,24,25). The number of nitrogens with one attached hydrogen (secondary N) is 2. The van der Waals surface area contributed by atoms with Gasteiger partial charge in [-0.15, -0.1) is 0 Å². The summed E-state index contributed by atoms with van der Waals surface area (Å²) in [5.41, 5.74) is 8.57. The van der Waals surface area contributed by atoms with E-state index in [1.807, 2.05) is 42.5 Å². The van der Waals surface area contributed by atoms with Crippen LogP contribution in [0.4, 0.5) is 5.69 Å². The van der Waals surface area contributed by atoms with Crippen molar-refractivity contribution in [3.63, 3.8) is 0 Å². The van der Waals surface area contributed by atoms with E-state index in [1.165, 1.54) is 12.8 Å². The second-order valence-corrected chi connectivity index (χ2v) is 6.54. The van der Waals surface area contributed by atoms with Crippen LogP contribution in [0.3, 0.4) is 0 Å². The average molecular weight is 334 g/mol. The zero-order valence-corrected chi connectivity index (χ0v) is 14.0. The minimum Gasteiger partial charge on any atom is -0.326 e. The van der Waals surface area contributed by atoms with Crippen molar-refractivity contribution >= 4 is 17.5 Å². The van der Waals surface area contributed by atoms with Crippen molar-refractivity contribution in [1.29, 1.82) is 0 Å². The number of guanidine groups is 1. The van der Waals surface area contributed by atoms with Crippen LogP contribution in [0.1, 0.15) is 31.2 Å². The van der Waals surface area contributed by atoms with Crippen molar-refractivity contribution in [1.82, 2.24) is 10.3 Å². The third-order valence-corrected chi connectivity index (χ3v) is 4.76. The molecule has 1 unspecified atom stereocenters. The fraction of sp³-hybridized carbons (Fsp3) is 0.316. The molecule has 1 aliphatic carbocycles. The highest BCUT2D eigenvalue weighted by molar-refractivity contribution is 6.13. The SMILES string of the molecule is NC1(C2CCCC2)N=C(Nc2ccncc2)NC(c2ccccc2)=N1. The van der Waals surface area contributed by atoms with Crippen molar-refractivity contribution in [2.75, 3.05) is 5.32 Å². The largest absolute Gasteiger partial charge is 0.326 e. The van der Waals surface area contributed by atoms with Crippen LogP contribution >= 0.6 is 0 Å². The molecule has 0 radical (unpaired) electrons. The minimum absolute atomic E-state index is 0.266. The van der Waals surface area contributed by atoms with Crippen molar-refractivity contribution in [3.05, 3.63) is 60.4 Å². The summed E-state index contributed by atoms with van der Waals surface area (Å²) in [4.78, 5) is 13.6. The number of amidine groups is 1. The Kier molecular flexibility index (Phi) is 4.19. The smallest absolute Gasteiger partial charge is 0.210 e. The molecule has 1 aromatic carbocycles. The molecule has 0 saturated heterocycles. The number of hydrogen-bond donors (Lipinski definition) is 3. The maximum absolute atomic E-state index is 6.67. The van der Waals surface area contributed by atoms with Crippen LogP contribution in [-0.2, 0) is 0 Å². The average Bonchev–Trinajstić information content (AvgIpc) is 3.19. The second-order valence-electron chi connectivity index (χ2n) is 6.54. The molecule has 1 fully saturated rings. The molecule has 6 heteroatoms. The van der Waals surface area contributed by atoms with Crippen molar-refractivity contribution < 1.29 is 0 Å². The quantitative estimate of drug-likeness (QED) is 0.805. The summed E-state index contributed by atoms with van der Waals surface area (Å²) in [6.45, 7) is 0. The third-order valence-electron chi connectivity index (χ3n) is 4.76. The van der Waals surface area contributed by atoms with E-state index in [2.05, 4.69) is 15.6 Å². The Bertz CT molecular complexity index is 780. The second kappa shape index (κ2) is 6.64. The Morgan fingerprint density at radius 3 is 2.44 bits per heavy atom. The van der Waals surface area contributed by atoms with Crippen LogP contribution in [0.2, 0.25) is 0 Å². The Hall–Kier alpha value is -2.73. The molecule has 0 bridgehead atoms. The number of pyridine rings is 1. The molecule has 0 spiro atoms. The monoisotopic (exact) mass is 334 g/mol. The minimum atomic E-state index is -0.928. The first-order valence-corrected chi connectivity index (χ1v) is 8.71. The molecule has 2 heterocycles. The summed E-state index contributed by atoms with van der Waals surface area (Å²) in [5.74, 6) is 0.709. The fourth-order valence-electron chi connectivity index (χ4n) is 3.45. The van der Waals surface area contributed by atoms with E-state index in [0.29, 0.717) is 5.96 Å². The molecule has 2 aliphatic rings. The van der Waals surface area contributed by atoms with E-state index in [-0.39, 0.29) is 5.92 Å². The van der Waals surface area contributed by atoms with Gasteiger partial charge in [0.2, 0.25) is 11.7 Å². The number of aliphatic imine (C=N–C) groups is 2. The Balaban J connectivity index is 1.68. The van der Waals surface area contributed by atoms with Gasteiger partial charge >= 0.3 is 0 Å². The molecule has 1 atom stereocenters. The molecular formula is C19H22N6. The molecule has 4 rings (SSSR count). The number of nitrogens with zero attached hydrogens (tertiary/aromatic N) is 3. The lowest BCUT2D eigenvalue weighted by Gasteiger charge is -2.33. The van der Waals surface area contributed by atoms with Crippen LogP contribution < -0.4 is 16.4 Å². The zero-order valence-electron chi connectivity index (χ0n) is 14.0. The van der Waals surface area contributed by atoms with Gasteiger partial charge in [0.15, 0.2) is 0 Å². The molecule has 0 amide bonds. The number of aromatic nitrogens is 1. The molecule has 1 saturated carbocycles. The lowest BCUT2D eigenvalue weighted by atomic mass is 9.99. The molecule has 6 nitrogen and oxygen atoms in total. The van der Waals surface area contributed by atoms with Gasteiger partial charge in [-0.3, -0.25) is 10.7 Å². The van der Waals surface area contributed by atoms with Gasteiger partial charge in [0.25, 0.3) is 0 Å². The zero-order chi connectivity index (χ0) is 17.1. The molecule has 2 aromatic rings. The van der Waals surface area contributed by atoms with E-state index < -0.39 is 5.79 Å². The fourth-order valence-corrected chi connectivity index (χ4v) is 3.45. The van der Waals surface area contributed by atoms with Crippen LogP contribution in [-0.4, -0.2) is 22.6 Å². The highest BCUT2D eigenvalue weighted by Crippen LogP contribution is 2.35. The summed E-state index contributed by atoms with van der Waals surface area (Å²) in [6, 6.07) is 13.8. The Morgan fingerprint density at radius 1 is 1.00 bits per heavy atom. The van der Waals surface area contributed by atoms with Crippen LogP contribution in [0.5, 0.6) is 0 Å². The third kappa shape index (κ3) is 3.39. The van der Waals surface area contributed by atoms with Crippen molar-refractivity contribution in [2.24, 2.45) is 21.6 Å². The highest BCUT2D eigenvalue weighted by Gasteiger charge is 2.39. The molecule has 128 valence electrons. The van der Waals surface area contributed by atoms with Gasteiger partial charge < -0.3 is 10.6 Å². The predicted octanol–water partition coefficient (Wildman–Crippen LogP) is 2.70. The Morgan fingerprint density at radius 2 is 1.72 bits per heavy atom. The lowest BCUT2D eigenvalue weighted by molar-refractivity contribution is 0.295. The number of hydrogen-bond acceptors (Lipinski definition) is 6. The number of rotatable bonds is 3. The molecule has 4 N–H and O–H groups in total. The summed E-state index contributed by atoms with van der Waals surface area (Å²) in [7, 11) is 0. The Labute approximate surface area is 147 Å². The van der Waals surface area contributed by atoms with Gasteiger partial charge in [0, 0.05) is 29.6 Å². The molecule has 25 heavy (non-hydrogen) atoms. The first kappa shape index (κ1) is 15.8. The molecular weight excluding hydrogens is 312 g/mol. The van der Waals surface area contributed by atoms with Gasteiger partial charge in [-0.25, -0.2) is 9.98 Å². The molecule has 1 aromatic heterocycles. The van der Waals surface area contributed by atoms with Gasteiger partial charge in [-0.2, -0.15) is 0 Å². The maximum atomic E-state index is 6.67. The van der Waals surface area contributed by atoms with E-state index in [4.69, 9.17) is 15.7 Å². The number of anilines is 1. The van der Waals surface area contributed by atoms with E-state index in [1.54, 1.807) is 12.4 Å². The van der Waals surface area contributed by atoms with E-state index in [9.17, 15) is 0 Å². The first-order chi connectivity index (χ1) is 12.2. The first-order valence-electron chi connectivity index (χ1n) is 8.71. The van der Waals surface area contributed by atoms with Crippen LogP contribution in [0.25, 0.3) is 0 Å². The maximum Gasteiger partial charge on any atom is 0.210 e. The summed E-state index contributed by atoms with van der Waals surface area (Å²) in [6.07, 6.45) is 7.99. The molecule has 1 aliphatic heterocycles. The normalized spacial score (nSPS) is 23.6. The van der Waals surface area contributed by atoms with Crippen molar-refractivity contribution in [3.8, 4) is 0 Å². The number of nitrogens with two attached hydrogens (primary N) is 1. The van der Waals surface area contributed by atoms with Gasteiger partial charge in [-0.05, 0) is 25.0 Å². The topological polar surface area (TPSA) is 87.7 Å². The van der Waals surface area contributed by atoms with Crippen LogP contribution in [0.15, 0.2) is 64.8 Å². The summed E-state index contributed by atoms with van der Waals surface area (Å²) < 4.78 is 0. The van der Waals surface area contributed by atoms with Gasteiger partial charge in [0.1, 0.15) is 5.84 Å². The van der Waals surface area contributed by atoms with Gasteiger partial charge in [0.05, 0.1) is 0 Å². The predicted molar refractivity (Wildman–Crippen MR) is 100 cm³/mol.